The Kier molecular flexibility index (Phi) is 4.84. The van der Waals surface area contributed by atoms with E-state index in [-0.39, 0.29) is 12.5 Å². The quantitative estimate of drug-likeness (QED) is 0.768. The van der Waals surface area contributed by atoms with E-state index in [1.807, 2.05) is 50.2 Å². The number of aryl methyl sites for hydroxylation is 2. The van der Waals surface area contributed by atoms with Crippen molar-refractivity contribution in [3.8, 4) is 11.5 Å². The number of rotatable bonds is 5. The molecule has 0 saturated heterocycles. The summed E-state index contributed by atoms with van der Waals surface area (Å²) in [4.78, 5) is 16.7. The Hall–Kier alpha value is -3.08. The van der Waals surface area contributed by atoms with E-state index >= 15 is 0 Å². The second-order valence-electron chi connectivity index (χ2n) is 5.82. The van der Waals surface area contributed by atoms with Crippen LogP contribution in [0.15, 0.2) is 48.5 Å². The van der Waals surface area contributed by atoms with Crippen LogP contribution in [0.1, 0.15) is 11.3 Å². The van der Waals surface area contributed by atoms with Gasteiger partial charge in [-0.15, -0.1) is 0 Å². The van der Waals surface area contributed by atoms with Gasteiger partial charge in [-0.1, -0.05) is 23.8 Å². The fourth-order valence-corrected chi connectivity index (χ4v) is 2.63. The fourth-order valence-electron chi connectivity index (χ4n) is 2.63. The lowest BCUT2D eigenvalue weighted by molar-refractivity contribution is -0.118. The third-order valence-corrected chi connectivity index (χ3v) is 3.79. The minimum absolute atomic E-state index is 0.0927. The van der Waals surface area contributed by atoms with Gasteiger partial charge in [0, 0.05) is 17.1 Å². The lowest BCUT2D eigenvalue weighted by Crippen LogP contribution is -2.20. The molecule has 0 radical (unpaired) electrons. The summed E-state index contributed by atoms with van der Waals surface area (Å²) in [6, 6.07) is 15.1. The van der Waals surface area contributed by atoms with Crippen molar-refractivity contribution in [1.82, 2.24) is 4.98 Å². The zero-order chi connectivity index (χ0) is 17.8. The number of carbonyl (C=O) groups excluding carboxylic acids is 1. The molecule has 0 aliphatic carbocycles. The lowest BCUT2D eigenvalue weighted by Gasteiger charge is -2.12. The number of benzene rings is 2. The molecule has 0 fully saturated rings. The molecule has 0 spiro atoms. The molecule has 0 atom stereocenters. The highest BCUT2D eigenvalue weighted by molar-refractivity contribution is 5.94. The number of fused-ring (bicyclic) bond motifs is 1. The maximum Gasteiger partial charge on any atom is 0.262 e. The van der Waals surface area contributed by atoms with Crippen molar-refractivity contribution in [1.29, 1.82) is 0 Å². The first-order chi connectivity index (χ1) is 12.1. The average Bonchev–Trinajstić information content (AvgIpc) is 2.60. The molecule has 1 N–H and O–H groups in total. The van der Waals surface area contributed by atoms with Crippen LogP contribution in [0.4, 0.5) is 5.69 Å². The van der Waals surface area contributed by atoms with Crippen molar-refractivity contribution in [2.75, 3.05) is 19.0 Å². The number of pyridine rings is 1. The number of carbonyl (C=O) groups is 1. The zero-order valence-corrected chi connectivity index (χ0v) is 14.5. The number of hydrogen-bond donors (Lipinski definition) is 1. The smallest absolute Gasteiger partial charge is 0.262 e. The SMILES string of the molecule is COc1ccccc1NC(=O)COc1cc(C)nc2ccc(C)cc12. The summed E-state index contributed by atoms with van der Waals surface area (Å²) in [5, 5.41) is 3.70. The Morgan fingerprint density at radius 1 is 1.08 bits per heavy atom. The molecule has 0 saturated carbocycles. The van der Waals surface area contributed by atoms with Gasteiger partial charge >= 0.3 is 0 Å². The molecule has 0 unspecified atom stereocenters. The van der Waals surface area contributed by atoms with E-state index in [0.29, 0.717) is 17.2 Å². The number of hydrogen-bond acceptors (Lipinski definition) is 4. The van der Waals surface area contributed by atoms with E-state index in [1.54, 1.807) is 19.2 Å². The van der Waals surface area contributed by atoms with E-state index < -0.39 is 0 Å². The van der Waals surface area contributed by atoms with E-state index in [2.05, 4.69) is 10.3 Å². The molecule has 1 heterocycles. The van der Waals surface area contributed by atoms with Gasteiger partial charge in [-0.2, -0.15) is 0 Å². The molecule has 25 heavy (non-hydrogen) atoms. The predicted octanol–water partition coefficient (Wildman–Crippen LogP) is 3.88. The van der Waals surface area contributed by atoms with Gasteiger partial charge in [0.2, 0.25) is 0 Å². The van der Waals surface area contributed by atoms with Crippen LogP contribution in [0, 0.1) is 13.8 Å². The molecule has 0 aliphatic rings. The fraction of sp³-hybridized carbons (Fsp3) is 0.200. The third kappa shape index (κ3) is 3.88. The monoisotopic (exact) mass is 336 g/mol. The summed E-state index contributed by atoms with van der Waals surface area (Å²) in [6.07, 6.45) is 0. The second-order valence-corrected chi connectivity index (χ2v) is 5.82. The number of anilines is 1. The maximum atomic E-state index is 12.2. The Balaban J connectivity index is 1.76. The second kappa shape index (κ2) is 7.21. The zero-order valence-electron chi connectivity index (χ0n) is 14.5. The van der Waals surface area contributed by atoms with Crippen molar-refractivity contribution < 1.29 is 14.3 Å². The van der Waals surface area contributed by atoms with E-state index in [9.17, 15) is 4.79 Å². The van der Waals surface area contributed by atoms with Crippen LogP contribution < -0.4 is 14.8 Å². The van der Waals surface area contributed by atoms with Gasteiger partial charge < -0.3 is 14.8 Å². The summed E-state index contributed by atoms with van der Waals surface area (Å²) in [5.74, 6) is 1.01. The average molecular weight is 336 g/mol. The molecule has 0 bridgehead atoms. The molecule has 3 aromatic rings. The van der Waals surface area contributed by atoms with Crippen LogP contribution in [0.25, 0.3) is 10.9 Å². The highest BCUT2D eigenvalue weighted by Gasteiger charge is 2.10. The molecule has 3 rings (SSSR count). The summed E-state index contributed by atoms with van der Waals surface area (Å²) < 4.78 is 11.0. The highest BCUT2D eigenvalue weighted by atomic mass is 16.5. The minimum atomic E-state index is -0.250. The van der Waals surface area contributed by atoms with Gasteiger partial charge in [-0.05, 0) is 38.1 Å². The van der Waals surface area contributed by atoms with Gasteiger partial charge in [0.05, 0.1) is 18.3 Å². The summed E-state index contributed by atoms with van der Waals surface area (Å²) in [7, 11) is 1.57. The topological polar surface area (TPSA) is 60.5 Å². The molecule has 128 valence electrons. The third-order valence-electron chi connectivity index (χ3n) is 3.79. The van der Waals surface area contributed by atoms with Gasteiger partial charge in [0.1, 0.15) is 11.5 Å². The summed E-state index contributed by atoms with van der Waals surface area (Å²) in [6.45, 7) is 3.82. The van der Waals surface area contributed by atoms with Crippen molar-refractivity contribution in [2.45, 2.75) is 13.8 Å². The number of amides is 1. The van der Waals surface area contributed by atoms with Crippen LogP contribution >= 0.6 is 0 Å². The van der Waals surface area contributed by atoms with E-state index in [0.717, 1.165) is 22.2 Å². The molecule has 5 heteroatoms. The number of methoxy groups -OCH3 is 1. The minimum Gasteiger partial charge on any atom is -0.495 e. The van der Waals surface area contributed by atoms with Crippen LogP contribution in [0.3, 0.4) is 0 Å². The predicted molar refractivity (Wildman–Crippen MR) is 98.3 cm³/mol. The van der Waals surface area contributed by atoms with Crippen molar-refractivity contribution in [3.63, 3.8) is 0 Å². The van der Waals surface area contributed by atoms with Gasteiger partial charge in [0.25, 0.3) is 5.91 Å². The van der Waals surface area contributed by atoms with Crippen molar-refractivity contribution in [2.24, 2.45) is 0 Å². The van der Waals surface area contributed by atoms with Crippen molar-refractivity contribution in [3.05, 3.63) is 59.8 Å². The largest absolute Gasteiger partial charge is 0.495 e. The van der Waals surface area contributed by atoms with E-state index in [1.165, 1.54) is 0 Å². The standard InChI is InChI=1S/C20H20N2O3/c1-13-8-9-16-15(10-13)19(11-14(2)21-16)25-12-20(23)22-17-6-4-5-7-18(17)24-3/h4-11H,12H2,1-3H3,(H,22,23). The van der Waals surface area contributed by atoms with Crippen LogP contribution in [-0.4, -0.2) is 24.6 Å². The molecule has 2 aromatic carbocycles. The van der Waals surface area contributed by atoms with Crippen LogP contribution in [0.2, 0.25) is 0 Å². The number of nitrogens with zero attached hydrogens (tertiary/aromatic N) is 1. The van der Waals surface area contributed by atoms with Gasteiger partial charge in [-0.3, -0.25) is 9.78 Å². The first-order valence-electron chi connectivity index (χ1n) is 8.00. The van der Waals surface area contributed by atoms with E-state index in [4.69, 9.17) is 9.47 Å². The molecule has 5 nitrogen and oxygen atoms in total. The molecule has 0 aliphatic heterocycles. The Bertz CT molecular complexity index is 922. The van der Waals surface area contributed by atoms with Crippen LogP contribution in [0.5, 0.6) is 11.5 Å². The molecular weight excluding hydrogens is 316 g/mol. The summed E-state index contributed by atoms with van der Waals surface area (Å²) in [5.41, 5.74) is 3.42. The van der Waals surface area contributed by atoms with Gasteiger partial charge in [0.15, 0.2) is 6.61 Å². The number of para-hydroxylation sites is 2. The number of nitrogens with one attached hydrogen (secondary N) is 1. The maximum absolute atomic E-state index is 12.2. The Morgan fingerprint density at radius 3 is 2.68 bits per heavy atom. The number of aromatic nitrogens is 1. The normalized spacial score (nSPS) is 10.5. The van der Waals surface area contributed by atoms with Gasteiger partial charge in [-0.25, -0.2) is 0 Å². The highest BCUT2D eigenvalue weighted by Crippen LogP contribution is 2.27. The van der Waals surface area contributed by atoms with Crippen LogP contribution in [-0.2, 0) is 4.79 Å². The Labute approximate surface area is 146 Å². The molecule has 1 aromatic heterocycles. The molecule has 1 amide bonds. The Morgan fingerprint density at radius 2 is 1.88 bits per heavy atom. The number of ether oxygens (including phenoxy) is 2. The summed E-state index contributed by atoms with van der Waals surface area (Å²) >= 11 is 0. The first kappa shape index (κ1) is 16.8. The van der Waals surface area contributed by atoms with Crippen molar-refractivity contribution >= 4 is 22.5 Å². The lowest BCUT2D eigenvalue weighted by atomic mass is 10.1. The molecular formula is C20H20N2O3. The first-order valence-corrected chi connectivity index (χ1v) is 8.00.